The molecule has 0 radical (unpaired) electrons. The molecule has 1 amide bonds. The summed E-state index contributed by atoms with van der Waals surface area (Å²) in [7, 11) is -3.56. The lowest BCUT2D eigenvalue weighted by Gasteiger charge is -2.31. The second-order valence-corrected chi connectivity index (χ2v) is 9.27. The molecular weight excluding hydrogens is 390 g/mol. The molecule has 0 spiro atoms. The maximum atomic E-state index is 13.0. The summed E-state index contributed by atoms with van der Waals surface area (Å²) in [4.78, 5) is 17.2. The Kier molecular flexibility index (Phi) is 5.10. The largest absolute Gasteiger partial charge is 0.310 e. The standard InChI is InChI=1S/C20H23N5O3S/c1-14-3-4-17(15(2)13-14)29(27,28)24-11-7-16(8-12-24)20(26)23-19-5-9-21-18-6-10-22-25(18)19/h3-6,9-10,13,16H,7-8,11-12H2,1-2H3,(H,23,26). The zero-order chi connectivity index (χ0) is 20.6. The van der Waals surface area contributed by atoms with Gasteiger partial charge in [-0.2, -0.15) is 13.9 Å². The lowest BCUT2D eigenvalue weighted by atomic mass is 9.97. The van der Waals surface area contributed by atoms with Gasteiger partial charge in [0.1, 0.15) is 5.82 Å². The number of aryl methyl sites for hydroxylation is 2. The van der Waals surface area contributed by atoms with E-state index in [1.165, 1.54) is 4.31 Å². The van der Waals surface area contributed by atoms with Crippen LogP contribution < -0.4 is 5.32 Å². The van der Waals surface area contributed by atoms with E-state index in [0.717, 1.165) is 11.1 Å². The molecule has 29 heavy (non-hydrogen) atoms. The van der Waals surface area contributed by atoms with E-state index in [2.05, 4.69) is 15.4 Å². The van der Waals surface area contributed by atoms with E-state index in [1.807, 2.05) is 26.0 Å². The van der Waals surface area contributed by atoms with Gasteiger partial charge in [-0.3, -0.25) is 4.79 Å². The van der Waals surface area contributed by atoms with Crippen LogP contribution in [0.3, 0.4) is 0 Å². The minimum absolute atomic E-state index is 0.128. The molecule has 2 aromatic heterocycles. The predicted molar refractivity (Wildman–Crippen MR) is 109 cm³/mol. The molecule has 0 atom stereocenters. The Labute approximate surface area is 169 Å². The van der Waals surface area contributed by atoms with Crippen LogP contribution >= 0.6 is 0 Å². The number of carbonyl (C=O) groups is 1. The van der Waals surface area contributed by atoms with Crippen molar-refractivity contribution in [2.45, 2.75) is 31.6 Å². The third kappa shape index (κ3) is 3.75. The molecule has 8 nitrogen and oxygen atoms in total. The highest BCUT2D eigenvalue weighted by Crippen LogP contribution is 2.27. The van der Waals surface area contributed by atoms with Gasteiger partial charge in [-0.15, -0.1) is 0 Å². The third-order valence-corrected chi connectivity index (χ3v) is 7.37. The summed E-state index contributed by atoms with van der Waals surface area (Å²) in [5, 5.41) is 7.06. The minimum atomic E-state index is -3.56. The molecule has 0 aliphatic carbocycles. The van der Waals surface area contributed by atoms with Gasteiger partial charge in [0.25, 0.3) is 0 Å². The molecule has 3 heterocycles. The van der Waals surface area contributed by atoms with Crippen LogP contribution in [0.15, 0.2) is 47.6 Å². The van der Waals surface area contributed by atoms with Gasteiger partial charge in [0, 0.05) is 31.3 Å². The Hall–Kier alpha value is -2.78. The molecule has 152 valence electrons. The maximum absolute atomic E-state index is 13.0. The molecule has 3 aromatic rings. The monoisotopic (exact) mass is 413 g/mol. The number of hydrogen-bond donors (Lipinski definition) is 1. The van der Waals surface area contributed by atoms with Crippen molar-refractivity contribution in [1.29, 1.82) is 0 Å². The van der Waals surface area contributed by atoms with Gasteiger partial charge in [0.05, 0.1) is 11.1 Å². The summed E-state index contributed by atoms with van der Waals surface area (Å²) in [6.07, 6.45) is 4.19. The molecule has 1 aromatic carbocycles. The van der Waals surface area contributed by atoms with Crippen LogP contribution in [0.5, 0.6) is 0 Å². The van der Waals surface area contributed by atoms with Gasteiger partial charge in [0.2, 0.25) is 15.9 Å². The highest BCUT2D eigenvalue weighted by molar-refractivity contribution is 7.89. The number of nitrogens with one attached hydrogen (secondary N) is 1. The summed E-state index contributed by atoms with van der Waals surface area (Å²) >= 11 is 0. The molecular formula is C20H23N5O3S. The van der Waals surface area contributed by atoms with Gasteiger partial charge in [-0.1, -0.05) is 17.7 Å². The Balaban J connectivity index is 1.43. The van der Waals surface area contributed by atoms with Crippen molar-refractivity contribution < 1.29 is 13.2 Å². The average Bonchev–Trinajstić information content (AvgIpc) is 3.17. The first-order valence-electron chi connectivity index (χ1n) is 9.53. The molecule has 1 aliphatic heterocycles. The number of benzene rings is 1. The van der Waals surface area contributed by atoms with Crippen molar-refractivity contribution in [1.82, 2.24) is 18.9 Å². The van der Waals surface area contributed by atoms with E-state index in [1.54, 1.807) is 35.1 Å². The zero-order valence-electron chi connectivity index (χ0n) is 16.4. The van der Waals surface area contributed by atoms with Gasteiger partial charge in [0.15, 0.2) is 5.65 Å². The Morgan fingerprint density at radius 2 is 1.86 bits per heavy atom. The Bertz CT molecular complexity index is 1160. The number of rotatable bonds is 4. The van der Waals surface area contributed by atoms with E-state index < -0.39 is 10.0 Å². The van der Waals surface area contributed by atoms with E-state index in [4.69, 9.17) is 0 Å². The molecule has 4 rings (SSSR count). The predicted octanol–water partition coefficient (Wildman–Crippen LogP) is 2.39. The fraction of sp³-hybridized carbons (Fsp3) is 0.350. The third-order valence-electron chi connectivity index (χ3n) is 5.31. The highest BCUT2D eigenvalue weighted by Gasteiger charge is 2.33. The van der Waals surface area contributed by atoms with Crippen LogP contribution in [0.2, 0.25) is 0 Å². The summed E-state index contributed by atoms with van der Waals surface area (Å²) in [5.41, 5.74) is 2.42. The Morgan fingerprint density at radius 1 is 1.10 bits per heavy atom. The molecule has 0 unspecified atom stereocenters. The van der Waals surface area contributed by atoms with E-state index in [9.17, 15) is 13.2 Å². The van der Waals surface area contributed by atoms with Crippen molar-refractivity contribution in [2.75, 3.05) is 18.4 Å². The SMILES string of the molecule is Cc1ccc(S(=O)(=O)N2CCC(C(=O)Nc3ccnc4ccnn34)CC2)c(C)c1. The molecule has 1 saturated heterocycles. The molecule has 9 heteroatoms. The van der Waals surface area contributed by atoms with Gasteiger partial charge >= 0.3 is 0 Å². The van der Waals surface area contributed by atoms with Crippen molar-refractivity contribution in [3.8, 4) is 0 Å². The van der Waals surface area contributed by atoms with E-state index in [0.29, 0.717) is 42.3 Å². The number of aromatic nitrogens is 3. The summed E-state index contributed by atoms with van der Waals surface area (Å²) < 4.78 is 29.1. The molecule has 1 fully saturated rings. The number of nitrogens with zero attached hydrogens (tertiary/aromatic N) is 4. The average molecular weight is 414 g/mol. The van der Waals surface area contributed by atoms with E-state index in [-0.39, 0.29) is 11.8 Å². The van der Waals surface area contributed by atoms with Crippen molar-refractivity contribution >= 4 is 27.4 Å². The van der Waals surface area contributed by atoms with Gasteiger partial charge in [-0.05, 0) is 44.4 Å². The molecule has 1 N–H and O–H groups in total. The molecule has 0 saturated carbocycles. The van der Waals surface area contributed by atoms with Gasteiger partial charge < -0.3 is 5.32 Å². The second kappa shape index (κ2) is 7.57. The molecule has 1 aliphatic rings. The quantitative estimate of drug-likeness (QED) is 0.708. The summed E-state index contributed by atoms with van der Waals surface area (Å²) in [6, 6.07) is 8.80. The smallest absolute Gasteiger partial charge is 0.243 e. The second-order valence-electron chi connectivity index (χ2n) is 7.37. The molecule has 0 bridgehead atoms. The fourth-order valence-corrected chi connectivity index (χ4v) is 5.42. The number of carbonyl (C=O) groups excluding carboxylic acids is 1. The number of amides is 1. The lowest BCUT2D eigenvalue weighted by molar-refractivity contribution is -0.120. The number of piperidine rings is 1. The summed E-state index contributed by atoms with van der Waals surface area (Å²) in [5.74, 6) is 0.172. The number of fused-ring (bicyclic) bond motifs is 1. The first-order valence-corrected chi connectivity index (χ1v) is 11.0. The Morgan fingerprint density at radius 3 is 2.59 bits per heavy atom. The first kappa shape index (κ1) is 19.5. The van der Waals surface area contributed by atoms with Crippen LogP contribution in [0, 0.1) is 19.8 Å². The zero-order valence-corrected chi connectivity index (χ0v) is 17.2. The topological polar surface area (TPSA) is 96.7 Å². The van der Waals surface area contributed by atoms with Crippen molar-refractivity contribution in [3.63, 3.8) is 0 Å². The highest BCUT2D eigenvalue weighted by atomic mass is 32.2. The van der Waals surface area contributed by atoms with Crippen molar-refractivity contribution in [3.05, 3.63) is 53.9 Å². The lowest BCUT2D eigenvalue weighted by Crippen LogP contribution is -2.41. The maximum Gasteiger partial charge on any atom is 0.243 e. The number of hydrogen-bond acceptors (Lipinski definition) is 5. The normalized spacial score (nSPS) is 16.2. The fourth-order valence-electron chi connectivity index (χ4n) is 3.74. The van der Waals surface area contributed by atoms with Crippen LogP contribution in [0.25, 0.3) is 5.65 Å². The van der Waals surface area contributed by atoms with E-state index >= 15 is 0 Å². The van der Waals surface area contributed by atoms with Crippen LogP contribution in [-0.2, 0) is 14.8 Å². The summed E-state index contributed by atoms with van der Waals surface area (Å²) in [6.45, 7) is 4.39. The minimum Gasteiger partial charge on any atom is -0.310 e. The van der Waals surface area contributed by atoms with Crippen molar-refractivity contribution in [2.24, 2.45) is 5.92 Å². The number of anilines is 1. The number of sulfonamides is 1. The van der Waals surface area contributed by atoms with Gasteiger partial charge in [-0.25, -0.2) is 13.4 Å². The van der Waals surface area contributed by atoms with Crippen LogP contribution in [0.1, 0.15) is 24.0 Å². The van der Waals surface area contributed by atoms with Crippen LogP contribution in [0.4, 0.5) is 5.82 Å². The van der Waals surface area contributed by atoms with Crippen LogP contribution in [-0.4, -0.2) is 46.3 Å². The first-order chi connectivity index (χ1) is 13.9.